The van der Waals surface area contributed by atoms with Crippen LogP contribution in [0.1, 0.15) is 17.6 Å². The van der Waals surface area contributed by atoms with E-state index in [2.05, 4.69) is 4.98 Å². The maximum absolute atomic E-state index is 10.3. The maximum Gasteiger partial charge on any atom is 0.209 e. The van der Waals surface area contributed by atoms with E-state index in [1.807, 2.05) is 48.3 Å². The molecular formula is C17H17ClN2O2. The van der Waals surface area contributed by atoms with Gasteiger partial charge in [0.25, 0.3) is 0 Å². The zero-order valence-electron chi connectivity index (χ0n) is 12.2. The van der Waals surface area contributed by atoms with E-state index in [0.717, 1.165) is 16.7 Å². The summed E-state index contributed by atoms with van der Waals surface area (Å²) in [7, 11) is 1.92. The van der Waals surface area contributed by atoms with Crippen molar-refractivity contribution >= 4 is 22.7 Å². The molecule has 3 aromatic rings. The molecule has 0 bridgehead atoms. The van der Waals surface area contributed by atoms with E-state index in [-0.39, 0.29) is 0 Å². The Balaban J connectivity index is 1.65. The lowest BCUT2D eigenvalue weighted by Gasteiger charge is -2.19. The predicted molar refractivity (Wildman–Crippen MR) is 86.8 cm³/mol. The Morgan fingerprint density at radius 1 is 1.23 bits per heavy atom. The Bertz CT molecular complexity index is 739. The minimum absolute atomic E-state index is 0.471. The molecule has 0 aliphatic heterocycles. The van der Waals surface area contributed by atoms with Crippen LogP contribution in [0.2, 0.25) is 5.02 Å². The third-order valence-corrected chi connectivity index (χ3v) is 3.70. The summed E-state index contributed by atoms with van der Waals surface area (Å²) in [6, 6.07) is 14.9. The summed E-state index contributed by atoms with van der Waals surface area (Å²) in [5, 5.41) is 10.9. The smallest absolute Gasteiger partial charge is 0.209 e. The van der Waals surface area contributed by atoms with Crippen molar-refractivity contribution in [2.24, 2.45) is 0 Å². The molecular weight excluding hydrogens is 300 g/mol. The van der Waals surface area contributed by atoms with E-state index in [9.17, 15) is 5.11 Å². The number of oxazole rings is 1. The zero-order chi connectivity index (χ0) is 15.5. The fourth-order valence-corrected chi connectivity index (χ4v) is 2.60. The van der Waals surface area contributed by atoms with Crippen LogP contribution >= 0.6 is 11.6 Å². The van der Waals surface area contributed by atoms with Crippen molar-refractivity contribution in [2.75, 3.05) is 13.6 Å². The Labute approximate surface area is 134 Å². The summed E-state index contributed by atoms with van der Waals surface area (Å²) < 4.78 is 5.69. The summed E-state index contributed by atoms with van der Waals surface area (Å²) >= 11 is 5.95. The Kier molecular flexibility index (Phi) is 4.43. The van der Waals surface area contributed by atoms with Crippen LogP contribution in [0.15, 0.2) is 52.9 Å². The van der Waals surface area contributed by atoms with Crippen molar-refractivity contribution in [3.8, 4) is 0 Å². The molecule has 0 amide bonds. The number of benzene rings is 2. The molecule has 2 aromatic carbocycles. The summed E-state index contributed by atoms with van der Waals surface area (Å²) in [6.07, 6.45) is -0.604. The number of hydrogen-bond donors (Lipinski definition) is 1. The highest BCUT2D eigenvalue weighted by Gasteiger charge is 2.14. The number of aliphatic hydroxyl groups excluding tert-OH is 1. The molecule has 1 unspecified atom stereocenters. The molecule has 22 heavy (non-hydrogen) atoms. The highest BCUT2D eigenvalue weighted by Crippen LogP contribution is 2.20. The number of likely N-dealkylation sites (N-methyl/N-ethyl adjacent to an activating group) is 1. The number of halogens is 1. The Hall–Kier alpha value is -1.88. The topological polar surface area (TPSA) is 49.5 Å². The van der Waals surface area contributed by atoms with Gasteiger partial charge in [-0.2, -0.15) is 0 Å². The van der Waals surface area contributed by atoms with Crippen LogP contribution < -0.4 is 0 Å². The van der Waals surface area contributed by atoms with Gasteiger partial charge in [0.2, 0.25) is 5.89 Å². The minimum atomic E-state index is -0.604. The van der Waals surface area contributed by atoms with E-state index in [1.54, 1.807) is 12.1 Å². The molecule has 1 atom stereocenters. The lowest BCUT2D eigenvalue weighted by atomic mass is 10.1. The van der Waals surface area contributed by atoms with E-state index in [1.165, 1.54) is 0 Å². The molecule has 3 rings (SSSR count). The van der Waals surface area contributed by atoms with Crippen LogP contribution in [-0.2, 0) is 6.54 Å². The first-order valence-electron chi connectivity index (χ1n) is 7.08. The van der Waals surface area contributed by atoms with Gasteiger partial charge in [-0.05, 0) is 36.9 Å². The lowest BCUT2D eigenvalue weighted by Crippen LogP contribution is -2.24. The number of hydrogen-bond acceptors (Lipinski definition) is 4. The molecule has 5 heteroatoms. The van der Waals surface area contributed by atoms with Gasteiger partial charge in [0.05, 0.1) is 12.6 Å². The Morgan fingerprint density at radius 3 is 2.82 bits per heavy atom. The maximum atomic E-state index is 10.3. The fourth-order valence-electron chi connectivity index (χ4n) is 2.40. The molecule has 0 saturated carbocycles. The van der Waals surface area contributed by atoms with Gasteiger partial charge in [0.15, 0.2) is 5.58 Å². The molecule has 1 N–H and O–H groups in total. The number of nitrogens with zero attached hydrogens (tertiary/aromatic N) is 2. The number of fused-ring (bicyclic) bond motifs is 1. The largest absolute Gasteiger partial charge is 0.439 e. The second-order valence-corrected chi connectivity index (χ2v) is 5.78. The highest BCUT2D eigenvalue weighted by atomic mass is 35.5. The van der Waals surface area contributed by atoms with Crippen LogP contribution in [0.4, 0.5) is 0 Å². The first-order valence-corrected chi connectivity index (χ1v) is 7.46. The fraction of sp³-hybridized carbons (Fsp3) is 0.235. The average Bonchev–Trinajstić information content (AvgIpc) is 2.89. The quantitative estimate of drug-likeness (QED) is 0.780. The van der Waals surface area contributed by atoms with Crippen molar-refractivity contribution in [3.05, 3.63) is 65.0 Å². The second kappa shape index (κ2) is 6.48. The SMILES string of the molecule is CN(Cc1nc2ccccc2o1)CC(O)c1cccc(Cl)c1. The van der Waals surface area contributed by atoms with Crippen molar-refractivity contribution in [2.45, 2.75) is 12.6 Å². The van der Waals surface area contributed by atoms with Crippen LogP contribution in [0.25, 0.3) is 11.1 Å². The highest BCUT2D eigenvalue weighted by molar-refractivity contribution is 6.30. The first kappa shape index (κ1) is 15.0. The third-order valence-electron chi connectivity index (χ3n) is 3.46. The van der Waals surface area contributed by atoms with E-state index in [4.69, 9.17) is 16.0 Å². The molecule has 0 aliphatic rings. The molecule has 114 valence electrons. The molecule has 4 nitrogen and oxygen atoms in total. The number of aromatic nitrogens is 1. The van der Waals surface area contributed by atoms with Gasteiger partial charge < -0.3 is 9.52 Å². The van der Waals surface area contributed by atoms with Gasteiger partial charge in [-0.15, -0.1) is 0 Å². The molecule has 0 fully saturated rings. The predicted octanol–water partition coefficient (Wildman–Crippen LogP) is 3.65. The van der Waals surface area contributed by atoms with Gasteiger partial charge in [0.1, 0.15) is 5.52 Å². The zero-order valence-corrected chi connectivity index (χ0v) is 13.0. The van der Waals surface area contributed by atoms with Gasteiger partial charge in [0, 0.05) is 11.6 Å². The molecule has 1 aromatic heterocycles. The van der Waals surface area contributed by atoms with Crippen molar-refractivity contribution in [1.82, 2.24) is 9.88 Å². The van der Waals surface area contributed by atoms with Crippen LogP contribution in [0.3, 0.4) is 0 Å². The minimum Gasteiger partial charge on any atom is -0.439 e. The van der Waals surface area contributed by atoms with Gasteiger partial charge in [-0.1, -0.05) is 35.9 Å². The molecule has 1 heterocycles. The summed E-state index contributed by atoms with van der Waals surface area (Å²) in [4.78, 5) is 6.40. The van der Waals surface area contributed by atoms with Gasteiger partial charge in [-0.3, -0.25) is 4.90 Å². The van der Waals surface area contributed by atoms with Crippen molar-refractivity contribution in [1.29, 1.82) is 0 Å². The Morgan fingerprint density at radius 2 is 2.05 bits per heavy atom. The number of rotatable bonds is 5. The van der Waals surface area contributed by atoms with Crippen LogP contribution in [-0.4, -0.2) is 28.6 Å². The molecule has 0 spiro atoms. The number of para-hydroxylation sites is 2. The normalized spacial score (nSPS) is 12.9. The summed E-state index contributed by atoms with van der Waals surface area (Å²) in [5.74, 6) is 0.641. The lowest BCUT2D eigenvalue weighted by molar-refractivity contribution is 0.119. The second-order valence-electron chi connectivity index (χ2n) is 5.34. The van der Waals surface area contributed by atoms with Gasteiger partial charge in [-0.25, -0.2) is 4.98 Å². The van der Waals surface area contributed by atoms with Crippen LogP contribution in [0, 0.1) is 0 Å². The molecule has 0 saturated heterocycles. The standard InChI is InChI=1S/C17H17ClN2O2/c1-20(10-15(21)12-5-4-6-13(18)9-12)11-17-19-14-7-2-3-8-16(14)22-17/h2-9,15,21H,10-11H2,1H3. The monoisotopic (exact) mass is 316 g/mol. The van der Waals surface area contributed by atoms with Gasteiger partial charge >= 0.3 is 0 Å². The third kappa shape index (κ3) is 3.47. The van der Waals surface area contributed by atoms with Crippen molar-refractivity contribution < 1.29 is 9.52 Å². The van der Waals surface area contributed by atoms with E-state index in [0.29, 0.717) is 24.0 Å². The number of aliphatic hydroxyl groups is 1. The van der Waals surface area contributed by atoms with E-state index >= 15 is 0 Å². The van der Waals surface area contributed by atoms with E-state index < -0.39 is 6.10 Å². The van der Waals surface area contributed by atoms with Crippen molar-refractivity contribution in [3.63, 3.8) is 0 Å². The molecule has 0 radical (unpaired) electrons. The summed E-state index contributed by atoms with van der Waals surface area (Å²) in [6.45, 7) is 1.01. The summed E-state index contributed by atoms with van der Waals surface area (Å²) in [5.41, 5.74) is 2.43. The molecule has 0 aliphatic carbocycles. The average molecular weight is 317 g/mol. The first-order chi connectivity index (χ1) is 10.6. The van der Waals surface area contributed by atoms with Crippen LogP contribution in [0.5, 0.6) is 0 Å².